The Morgan fingerprint density at radius 2 is 0.789 bits per heavy atom. The van der Waals surface area contributed by atoms with Crippen molar-refractivity contribution in [3.8, 4) is 11.4 Å². The Morgan fingerprint density at radius 3 is 1.25 bits per heavy atom. The van der Waals surface area contributed by atoms with Gasteiger partial charge in [0.2, 0.25) is 11.6 Å². The fourth-order valence-corrected chi connectivity index (χ4v) is 10.4. The predicted octanol–water partition coefficient (Wildman–Crippen LogP) is 11.9. The minimum atomic E-state index is -0.240. The highest BCUT2D eigenvalue weighted by atomic mass is 15.2. The smallest absolute Gasteiger partial charge is 0.220 e. The molecule has 0 saturated heterocycles. The number of benzene rings is 7. The third-order valence-electron chi connectivity index (χ3n) is 13.1. The zero-order valence-electron chi connectivity index (χ0n) is 32.1. The van der Waals surface area contributed by atoms with Crippen LogP contribution in [0.3, 0.4) is 0 Å². The van der Waals surface area contributed by atoms with Crippen molar-refractivity contribution in [2.24, 2.45) is 0 Å². The second-order valence-electron chi connectivity index (χ2n) is 16.8. The van der Waals surface area contributed by atoms with Crippen LogP contribution in [0.15, 0.2) is 152 Å². The predicted molar refractivity (Wildman–Crippen MR) is 232 cm³/mol. The Kier molecular flexibility index (Phi) is 5.67. The van der Waals surface area contributed by atoms with Crippen LogP contribution in [0.2, 0.25) is 0 Å². The van der Waals surface area contributed by atoms with Crippen LogP contribution in [-0.2, 0) is 10.8 Å². The lowest BCUT2D eigenvalue weighted by atomic mass is 9.66. The fourth-order valence-electron chi connectivity index (χ4n) is 10.4. The van der Waals surface area contributed by atoms with Gasteiger partial charge in [-0.25, -0.2) is 9.97 Å². The molecule has 6 heterocycles. The molecule has 0 spiro atoms. The van der Waals surface area contributed by atoms with E-state index in [-0.39, 0.29) is 10.8 Å². The summed E-state index contributed by atoms with van der Waals surface area (Å²) in [5.41, 5.74) is 19.3. The summed E-state index contributed by atoms with van der Waals surface area (Å²) in [6.07, 6.45) is 0. The van der Waals surface area contributed by atoms with Crippen LogP contribution < -0.4 is 4.90 Å². The summed E-state index contributed by atoms with van der Waals surface area (Å²) in [6, 6.07) is 55.2. The standard InChI is InChI=1S/C50H37N7/c1-49(2)32-26-24-30(53-40-20-9-11-22-42(40)56-38-18-7-5-16-36(38)51-47(53)56)28-44(32)55-45-29-31(25-27-33(45)50(3,4)35-15-13-14-34(49)46(35)55)54-41-21-10-12-23-43(41)57-39-19-8-6-17-37(39)52-48(54)57/h5-29H,1-4H3. The molecule has 0 saturated carbocycles. The average molecular weight is 736 g/mol. The lowest BCUT2D eigenvalue weighted by Crippen LogP contribution is -2.38. The van der Waals surface area contributed by atoms with Gasteiger partial charge in [-0.1, -0.05) is 107 Å². The Balaban J connectivity index is 1.11. The summed E-state index contributed by atoms with van der Waals surface area (Å²) in [4.78, 5) is 13.0. The van der Waals surface area contributed by atoms with Gasteiger partial charge in [-0.15, -0.1) is 0 Å². The topological polar surface area (TPSA) is 47.7 Å². The summed E-state index contributed by atoms with van der Waals surface area (Å²) in [6.45, 7) is 9.53. The molecule has 7 nitrogen and oxygen atoms in total. The van der Waals surface area contributed by atoms with E-state index in [2.05, 4.69) is 202 Å². The Morgan fingerprint density at radius 1 is 0.386 bits per heavy atom. The van der Waals surface area contributed by atoms with Crippen molar-refractivity contribution >= 4 is 72.8 Å². The number of aromatic nitrogens is 6. The van der Waals surface area contributed by atoms with Gasteiger partial charge in [0.15, 0.2) is 0 Å². The van der Waals surface area contributed by atoms with Crippen LogP contribution in [0.25, 0.3) is 67.1 Å². The first-order valence-corrected chi connectivity index (χ1v) is 19.8. The number of nitrogens with zero attached hydrogens (tertiary/aromatic N) is 7. The van der Waals surface area contributed by atoms with E-state index < -0.39 is 0 Å². The summed E-state index contributed by atoms with van der Waals surface area (Å²) in [7, 11) is 0. The number of fused-ring (bicyclic) bond motifs is 14. The molecule has 0 unspecified atom stereocenters. The number of imidazole rings is 4. The first-order chi connectivity index (χ1) is 27.8. The first kappa shape index (κ1) is 31.1. The number of hydrogen-bond acceptors (Lipinski definition) is 3. The summed E-state index contributed by atoms with van der Waals surface area (Å²) in [5.74, 6) is 1.82. The molecule has 0 bridgehead atoms. The third kappa shape index (κ3) is 3.77. The largest absolute Gasteiger partial charge is 0.309 e. The zero-order valence-corrected chi connectivity index (χ0v) is 32.1. The minimum absolute atomic E-state index is 0.240. The van der Waals surface area contributed by atoms with Crippen molar-refractivity contribution in [1.82, 2.24) is 27.9 Å². The van der Waals surface area contributed by atoms with E-state index in [1.54, 1.807) is 0 Å². The van der Waals surface area contributed by atoms with Crippen molar-refractivity contribution < 1.29 is 0 Å². The summed E-state index contributed by atoms with van der Waals surface area (Å²) >= 11 is 0. The fraction of sp³-hybridized carbons (Fsp3) is 0.120. The van der Waals surface area contributed by atoms with Crippen molar-refractivity contribution in [2.75, 3.05) is 4.90 Å². The highest BCUT2D eigenvalue weighted by molar-refractivity contribution is 5.97. The Bertz CT molecular complexity index is 3320. The van der Waals surface area contributed by atoms with Crippen molar-refractivity contribution in [1.29, 1.82) is 0 Å². The first-order valence-electron chi connectivity index (χ1n) is 19.8. The van der Waals surface area contributed by atoms with E-state index in [1.165, 1.54) is 39.3 Å². The molecule has 7 aromatic carbocycles. The molecular formula is C50H37N7. The number of anilines is 3. The molecule has 0 radical (unpaired) electrons. The normalized spacial score (nSPS) is 15.3. The van der Waals surface area contributed by atoms with Crippen LogP contribution in [0.1, 0.15) is 49.9 Å². The molecule has 13 rings (SSSR count). The van der Waals surface area contributed by atoms with Gasteiger partial charge in [0.05, 0.1) is 72.6 Å². The highest BCUT2D eigenvalue weighted by Crippen LogP contribution is 2.60. The molecule has 272 valence electrons. The molecule has 2 aliphatic rings. The Labute approximate surface area is 328 Å². The van der Waals surface area contributed by atoms with Crippen LogP contribution >= 0.6 is 0 Å². The van der Waals surface area contributed by atoms with E-state index in [4.69, 9.17) is 9.97 Å². The molecule has 11 aromatic rings. The quantitative estimate of drug-likeness (QED) is 0.178. The molecule has 2 aliphatic heterocycles. The lowest BCUT2D eigenvalue weighted by molar-refractivity contribution is 0.597. The van der Waals surface area contributed by atoms with Crippen molar-refractivity contribution in [3.63, 3.8) is 0 Å². The van der Waals surface area contributed by atoms with Crippen molar-refractivity contribution in [2.45, 2.75) is 38.5 Å². The van der Waals surface area contributed by atoms with Gasteiger partial charge >= 0.3 is 0 Å². The second-order valence-corrected chi connectivity index (χ2v) is 16.8. The summed E-state index contributed by atoms with van der Waals surface area (Å²) in [5, 5.41) is 0. The van der Waals surface area contributed by atoms with Gasteiger partial charge in [-0.2, -0.15) is 0 Å². The third-order valence-corrected chi connectivity index (χ3v) is 13.1. The van der Waals surface area contributed by atoms with Gasteiger partial charge in [-0.3, -0.25) is 17.9 Å². The van der Waals surface area contributed by atoms with Gasteiger partial charge in [0.1, 0.15) is 0 Å². The van der Waals surface area contributed by atoms with Crippen LogP contribution in [0, 0.1) is 0 Å². The van der Waals surface area contributed by atoms with Crippen LogP contribution in [0.4, 0.5) is 17.1 Å². The molecule has 0 fully saturated rings. The molecular weight excluding hydrogens is 699 g/mol. The summed E-state index contributed by atoms with van der Waals surface area (Å²) < 4.78 is 9.27. The molecule has 0 aliphatic carbocycles. The van der Waals surface area contributed by atoms with Gasteiger partial charge in [0, 0.05) is 10.8 Å². The molecule has 0 amide bonds. The van der Waals surface area contributed by atoms with Gasteiger partial charge in [0.25, 0.3) is 0 Å². The van der Waals surface area contributed by atoms with Crippen LogP contribution in [0.5, 0.6) is 0 Å². The van der Waals surface area contributed by atoms with E-state index in [0.29, 0.717) is 0 Å². The lowest BCUT2D eigenvalue weighted by Gasteiger charge is -2.49. The van der Waals surface area contributed by atoms with Crippen LogP contribution in [-0.4, -0.2) is 27.9 Å². The maximum absolute atomic E-state index is 5.23. The SMILES string of the molecule is CC1(C)c2ccc(-n3c4ccccc4n4c5ccccc5nc34)cc2N2c3cc(-n4c5ccccc5n5c6ccccc6nc45)ccc3C(C)(C)c3cccc1c32. The van der Waals surface area contributed by atoms with E-state index >= 15 is 0 Å². The van der Waals surface area contributed by atoms with Gasteiger partial charge in [-0.05, 0) is 95.1 Å². The van der Waals surface area contributed by atoms with E-state index in [0.717, 1.165) is 67.1 Å². The molecule has 0 atom stereocenters. The van der Waals surface area contributed by atoms with Gasteiger partial charge < -0.3 is 4.90 Å². The number of rotatable bonds is 2. The monoisotopic (exact) mass is 735 g/mol. The molecule has 4 aromatic heterocycles. The number of hydrogen-bond donors (Lipinski definition) is 0. The minimum Gasteiger partial charge on any atom is -0.309 e. The molecule has 57 heavy (non-hydrogen) atoms. The highest BCUT2D eigenvalue weighted by Gasteiger charge is 2.45. The maximum atomic E-state index is 5.23. The zero-order chi connectivity index (χ0) is 37.9. The van der Waals surface area contributed by atoms with Crippen molar-refractivity contribution in [3.05, 3.63) is 174 Å². The maximum Gasteiger partial charge on any atom is 0.220 e. The van der Waals surface area contributed by atoms with E-state index in [9.17, 15) is 0 Å². The molecule has 0 N–H and O–H groups in total. The molecule has 7 heteroatoms. The average Bonchev–Trinajstić information content (AvgIpc) is 3.96. The Hall–Kier alpha value is -7.12. The van der Waals surface area contributed by atoms with E-state index in [1.807, 2.05) is 0 Å². The second kappa shape index (κ2) is 10.4. The number of para-hydroxylation sites is 9.